The molecule has 6 heteroatoms. The molecule has 1 aromatic rings. The molecule has 1 aromatic carbocycles. The van der Waals surface area contributed by atoms with Gasteiger partial charge in [-0.3, -0.25) is 14.4 Å². The maximum Gasteiger partial charge on any atom is 0.308 e. The van der Waals surface area contributed by atoms with Gasteiger partial charge in [-0.05, 0) is 24.5 Å². The smallest absolute Gasteiger partial charge is 0.308 e. The van der Waals surface area contributed by atoms with Crippen LogP contribution >= 0.6 is 0 Å². The van der Waals surface area contributed by atoms with Gasteiger partial charge in [0.15, 0.2) is 0 Å². The van der Waals surface area contributed by atoms with Crippen molar-refractivity contribution in [3.05, 3.63) is 29.8 Å². The highest BCUT2D eigenvalue weighted by atomic mass is 16.4. The van der Waals surface area contributed by atoms with E-state index in [4.69, 9.17) is 5.11 Å². The zero-order valence-electron chi connectivity index (χ0n) is 12.9. The first-order valence-corrected chi connectivity index (χ1v) is 7.95. The fourth-order valence-electron chi connectivity index (χ4n) is 3.30. The van der Waals surface area contributed by atoms with Crippen LogP contribution in [0.4, 0.5) is 5.69 Å². The lowest BCUT2D eigenvalue weighted by atomic mass is 10.0. The molecule has 2 aliphatic heterocycles. The number of amides is 2. The highest BCUT2D eigenvalue weighted by molar-refractivity contribution is 5.97. The number of carboxylic acids is 1. The Labute approximate surface area is 134 Å². The Kier molecular flexibility index (Phi) is 4.32. The monoisotopic (exact) mass is 316 g/mol. The fraction of sp³-hybridized carbons (Fsp3) is 0.471. The molecule has 6 nitrogen and oxygen atoms in total. The molecule has 2 aliphatic rings. The number of hydrogen-bond acceptors (Lipinski definition) is 3. The number of anilines is 1. The number of carbonyl (C=O) groups is 3. The van der Waals surface area contributed by atoms with Gasteiger partial charge in [-0.1, -0.05) is 18.2 Å². The van der Waals surface area contributed by atoms with Gasteiger partial charge in [0.1, 0.15) is 0 Å². The first kappa shape index (κ1) is 15.5. The van der Waals surface area contributed by atoms with Gasteiger partial charge in [0.25, 0.3) is 0 Å². The van der Waals surface area contributed by atoms with Crippen LogP contribution in [0.2, 0.25) is 0 Å². The van der Waals surface area contributed by atoms with Gasteiger partial charge in [0, 0.05) is 38.2 Å². The Balaban J connectivity index is 1.61. The molecule has 23 heavy (non-hydrogen) atoms. The summed E-state index contributed by atoms with van der Waals surface area (Å²) in [6.45, 7) is 1.11. The second-order valence-corrected chi connectivity index (χ2v) is 6.09. The highest BCUT2D eigenvalue weighted by Gasteiger charge is 2.31. The zero-order chi connectivity index (χ0) is 16.4. The Bertz CT molecular complexity index is 643. The van der Waals surface area contributed by atoms with Gasteiger partial charge in [-0.15, -0.1) is 0 Å². The summed E-state index contributed by atoms with van der Waals surface area (Å²) in [5, 5.41) is 9.00. The summed E-state index contributed by atoms with van der Waals surface area (Å²) in [7, 11) is 0. The molecule has 122 valence electrons. The van der Waals surface area contributed by atoms with Crippen molar-refractivity contribution in [2.45, 2.75) is 25.7 Å². The minimum Gasteiger partial charge on any atom is -0.481 e. The third kappa shape index (κ3) is 3.21. The molecular formula is C17H20N2O4. The number of aryl methyl sites for hydroxylation is 1. The lowest BCUT2D eigenvalue weighted by Crippen LogP contribution is -2.39. The van der Waals surface area contributed by atoms with Crippen LogP contribution in [-0.2, 0) is 20.8 Å². The molecule has 1 saturated heterocycles. The molecule has 0 radical (unpaired) electrons. The van der Waals surface area contributed by atoms with Crippen molar-refractivity contribution in [1.82, 2.24) is 4.90 Å². The molecule has 2 amide bonds. The first-order valence-electron chi connectivity index (χ1n) is 7.95. The molecule has 0 saturated carbocycles. The fourth-order valence-corrected chi connectivity index (χ4v) is 3.30. The van der Waals surface area contributed by atoms with E-state index >= 15 is 0 Å². The van der Waals surface area contributed by atoms with Crippen molar-refractivity contribution in [2.75, 3.05) is 24.5 Å². The quantitative estimate of drug-likeness (QED) is 0.908. The summed E-state index contributed by atoms with van der Waals surface area (Å²) in [6.07, 6.45) is 1.95. The molecule has 0 spiro atoms. The molecule has 0 unspecified atom stereocenters. The van der Waals surface area contributed by atoms with Gasteiger partial charge in [0.2, 0.25) is 11.8 Å². The van der Waals surface area contributed by atoms with Crippen molar-refractivity contribution in [3.63, 3.8) is 0 Å². The molecular weight excluding hydrogens is 296 g/mol. The van der Waals surface area contributed by atoms with E-state index in [1.807, 2.05) is 24.3 Å². The van der Waals surface area contributed by atoms with Crippen LogP contribution in [0.5, 0.6) is 0 Å². The number of nitrogens with zero attached hydrogens (tertiary/aromatic N) is 2. The van der Waals surface area contributed by atoms with Crippen molar-refractivity contribution >= 4 is 23.5 Å². The Morgan fingerprint density at radius 2 is 2.00 bits per heavy atom. The molecule has 1 N–H and O–H groups in total. The number of hydrogen-bond donors (Lipinski definition) is 1. The average Bonchev–Trinajstić information content (AvgIpc) is 3.04. The third-order valence-electron chi connectivity index (χ3n) is 4.63. The van der Waals surface area contributed by atoms with Gasteiger partial charge < -0.3 is 14.9 Å². The lowest BCUT2D eigenvalue weighted by molar-refractivity contribution is -0.141. The van der Waals surface area contributed by atoms with Crippen LogP contribution in [0.25, 0.3) is 0 Å². The third-order valence-corrected chi connectivity index (χ3v) is 4.63. The van der Waals surface area contributed by atoms with Crippen molar-refractivity contribution < 1.29 is 19.5 Å². The summed E-state index contributed by atoms with van der Waals surface area (Å²) in [6, 6.07) is 7.76. The Morgan fingerprint density at radius 3 is 2.74 bits per heavy atom. The molecule has 0 bridgehead atoms. The Morgan fingerprint density at radius 1 is 1.22 bits per heavy atom. The SMILES string of the molecule is O=C(O)[C@@H]1CCN(C(=O)CCN2C(=O)CCc3ccccc32)C1. The molecule has 2 heterocycles. The van der Waals surface area contributed by atoms with Crippen LogP contribution in [-0.4, -0.2) is 47.4 Å². The van der Waals surface area contributed by atoms with E-state index in [9.17, 15) is 14.4 Å². The second-order valence-electron chi connectivity index (χ2n) is 6.09. The number of rotatable bonds is 4. The summed E-state index contributed by atoms with van der Waals surface area (Å²) in [5.41, 5.74) is 2.02. The van der Waals surface area contributed by atoms with E-state index < -0.39 is 11.9 Å². The number of carboxylic acid groups (broad SMARTS) is 1. The predicted molar refractivity (Wildman–Crippen MR) is 84.1 cm³/mol. The maximum absolute atomic E-state index is 12.3. The second kappa shape index (κ2) is 6.40. The summed E-state index contributed by atoms with van der Waals surface area (Å²) >= 11 is 0. The van der Waals surface area contributed by atoms with Gasteiger partial charge in [-0.2, -0.15) is 0 Å². The summed E-state index contributed by atoms with van der Waals surface area (Å²) in [4.78, 5) is 38.7. The van der Waals surface area contributed by atoms with E-state index in [-0.39, 0.29) is 24.8 Å². The number of fused-ring (bicyclic) bond motifs is 1. The van der Waals surface area contributed by atoms with Gasteiger partial charge in [0.05, 0.1) is 5.92 Å². The number of likely N-dealkylation sites (tertiary alicyclic amines) is 1. The maximum atomic E-state index is 12.3. The normalized spacial score (nSPS) is 20.5. The number of benzene rings is 1. The molecule has 1 fully saturated rings. The minimum absolute atomic E-state index is 0.0429. The molecule has 1 atom stereocenters. The standard InChI is InChI=1S/C17H20N2O4/c20-15(18-9-7-13(11-18)17(22)23)8-10-19-14-4-2-1-3-12(14)5-6-16(19)21/h1-4,13H,5-11H2,(H,22,23)/t13-/m1/s1. The van der Waals surface area contributed by atoms with Gasteiger partial charge in [-0.25, -0.2) is 0 Å². The van der Waals surface area contributed by atoms with Crippen LogP contribution in [0.1, 0.15) is 24.8 Å². The predicted octanol–water partition coefficient (Wildman–Crippen LogP) is 1.29. The number of para-hydroxylation sites is 1. The lowest BCUT2D eigenvalue weighted by Gasteiger charge is -2.29. The van der Waals surface area contributed by atoms with Gasteiger partial charge >= 0.3 is 5.97 Å². The number of carbonyl (C=O) groups excluding carboxylic acids is 2. The van der Waals surface area contributed by atoms with E-state index in [1.54, 1.807) is 9.80 Å². The average molecular weight is 316 g/mol. The first-order chi connectivity index (χ1) is 11.1. The molecule has 0 aliphatic carbocycles. The highest BCUT2D eigenvalue weighted by Crippen LogP contribution is 2.27. The molecule has 3 rings (SSSR count). The summed E-state index contributed by atoms with van der Waals surface area (Å²) in [5.74, 6) is -1.34. The Hall–Kier alpha value is -2.37. The van der Waals surface area contributed by atoms with Crippen molar-refractivity contribution in [2.24, 2.45) is 5.92 Å². The van der Waals surface area contributed by atoms with E-state index in [2.05, 4.69) is 0 Å². The van der Waals surface area contributed by atoms with E-state index in [0.717, 1.165) is 17.7 Å². The van der Waals surface area contributed by atoms with Crippen LogP contribution < -0.4 is 4.90 Å². The molecule has 0 aromatic heterocycles. The van der Waals surface area contributed by atoms with Crippen LogP contribution in [0.3, 0.4) is 0 Å². The van der Waals surface area contributed by atoms with Crippen molar-refractivity contribution in [3.8, 4) is 0 Å². The largest absolute Gasteiger partial charge is 0.481 e. The minimum atomic E-state index is -0.847. The topological polar surface area (TPSA) is 77.9 Å². The van der Waals surface area contributed by atoms with Crippen LogP contribution in [0.15, 0.2) is 24.3 Å². The van der Waals surface area contributed by atoms with E-state index in [0.29, 0.717) is 25.9 Å². The van der Waals surface area contributed by atoms with Crippen LogP contribution in [0, 0.1) is 5.92 Å². The van der Waals surface area contributed by atoms with Crippen molar-refractivity contribution in [1.29, 1.82) is 0 Å². The number of aliphatic carboxylic acids is 1. The summed E-state index contributed by atoms with van der Waals surface area (Å²) < 4.78 is 0. The zero-order valence-corrected chi connectivity index (χ0v) is 12.9. The van der Waals surface area contributed by atoms with E-state index in [1.165, 1.54) is 0 Å².